The lowest BCUT2D eigenvalue weighted by atomic mass is 10.2. The first kappa shape index (κ1) is 23.1. The molecule has 0 radical (unpaired) electrons. The van der Waals surface area contributed by atoms with Crippen LogP contribution in [0.4, 0.5) is 11.4 Å². The van der Waals surface area contributed by atoms with Crippen LogP contribution in [-0.2, 0) is 19.6 Å². The minimum absolute atomic E-state index is 0.0699. The zero-order chi connectivity index (χ0) is 22.6. The predicted molar refractivity (Wildman–Crippen MR) is 122 cm³/mol. The minimum atomic E-state index is -3.78. The fraction of sp³-hybridized carbons (Fsp3) is 0.100. The van der Waals surface area contributed by atoms with Gasteiger partial charge in [-0.2, -0.15) is 0 Å². The van der Waals surface area contributed by atoms with E-state index in [9.17, 15) is 18.0 Å². The zero-order valence-corrected chi connectivity index (χ0v) is 19.1. The number of nitrogens with one attached hydrogen (secondary N) is 2. The SMILES string of the molecule is C[C@H](OC(=O)c1ccc(NS(=O)(=O)c2ccc(Cl)s2)cc1)C(=O)Nc1cccc(Cl)c1. The monoisotopic (exact) mass is 498 g/mol. The molecule has 0 aliphatic carbocycles. The number of hydrogen-bond donors (Lipinski definition) is 2. The summed E-state index contributed by atoms with van der Waals surface area (Å²) in [6.07, 6.45) is -1.06. The minimum Gasteiger partial charge on any atom is -0.449 e. The van der Waals surface area contributed by atoms with Crippen LogP contribution in [0.15, 0.2) is 64.9 Å². The van der Waals surface area contributed by atoms with Gasteiger partial charge in [0.05, 0.1) is 9.90 Å². The van der Waals surface area contributed by atoms with Crippen molar-refractivity contribution in [1.29, 1.82) is 0 Å². The summed E-state index contributed by atoms with van der Waals surface area (Å²) in [6.45, 7) is 1.44. The van der Waals surface area contributed by atoms with E-state index in [4.69, 9.17) is 27.9 Å². The van der Waals surface area contributed by atoms with Gasteiger partial charge in [0.15, 0.2) is 6.10 Å². The first-order chi connectivity index (χ1) is 14.6. The topological polar surface area (TPSA) is 102 Å². The quantitative estimate of drug-likeness (QED) is 0.444. The van der Waals surface area contributed by atoms with Crippen LogP contribution in [0.5, 0.6) is 0 Å². The second kappa shape index (κ2) is 9.69. The maximum Gasteiger partial charge on any atom is 0.338 e. The third-order valence-electron chi connectivity index (χ3n) is 3.93. The maximum absolute atomic E-state index is 12.3. The van der Waals surface area contributed by atoms with Crippen molar-refractivity contribution in [3.63, 3.8) is 0 Å². The Balaban J connectivity index is 1.60. The number of rotatable bonds is 7. The van der Waals surface area contributed by atoms with Crippen LogP contribution in [0, 0.1) is 0 Å². The summed E-state index contributed by atoms with van der Waals surface area (Å²) in [7, 11) is -3.78. The highest BCUT2D eigenvalue weighted by Gasteiger charge is 2.20. The molecule has 3 aromatic rings. The van der Waals surface area contributed by atoms with Gasteiger partial charge in [-0.1, -0.05) is 29.3 Å². The van der Waals surface area contributed by atoms with E-state index in [1.807, 2.05) is 0 Å². The van der Waals surface area contributed by atoms with Crippen molar-refractivity contribution < 1.29 is 22.7 Å². The number of anilines is 2. The van der Waals surface area contributed by atoms with E-state index in [0.717, 1.165) is 11.3 Å². The molecule has 2 N–H and O–H groups in total. The van der Waals surface area contributed by atoms with Crippen LogP contribution in [0.3, 0.4) is 0 Å². The summed E-state index contributed by atoms with van der Waals surface area (Å²) < 4.78 is 32.6. The molecule has 31 heavy (non-hydrogen) atoms. The average molecular weight is 499 g/mol. The Hall–Kier alpha value is -2.59. The first-order valence-corrected chi connectivity index (χ1v) is 11.9. The third kappa shape index (κ3) is 6.20. The molecule has 7 nitrogen and oxygen atoms in total. The number of esters is 1. The Bertz CT molecular complexity index is 1210. The molecule has 0 unspecified atom stereocenters. The molecule has 1 heterocycles. The molecule has 1 atom stereocenters. The molecule has 0 aliphatic rings. The van der Waals surface area contributed by atoms with Gasteiger partial charge in [0, 0.05) is 16.4 Å². The van der Waals surface area contributed by atoms with Crippen LogP contribution in [0.2, 0.25) is 9.36 Å². The number of carbonyl (C=O) groups excluding carboxylic acids is 2. The highest BCUT2D eigenvalue weighted by atomic mass is 35.5. The van der Waals surface area contributed by atoms with E-state index in [2.05, 4.69) is 10.0 Å². The Morgan fingerprint density at radius 3 is 2.32 bits per heavy atom. The van der Waals surface area contributed by atoms with E-state index < -0.39 is 28.0 Å². The second-order valence-electron chi connectivity index (χ2n) is 6.29. The number of halogens is 2. The highest BCUT2D eigenvalue weighted by molar-refractivity contribution is 7.94. The maximum atomic E-state index is 12.3. The molecule has 1 amide bonds. The van der Waals surface area contributed by atoms with Crippen molar-refractivity contribution in [2.75, 3.05) is 10.0 Å². The van der Waals surface area contributed by atoms with Gasteiger partial charge in [-0.05, 0) is 61.5 Å². The highest BCUT2D eigenvalue weighted by Crippen LogP contribution is 2.27. The molecule has 3 rings (SSSR count). The van der Waals surface area contributed by atoms with Crippen molar-refractivity contribution in [2.45, 2.75) is 17.2 Å². The lowest BCUT2D eigenvalue weighted by molar-refractivity contribution is -0.123. The van der Waals surface area contributed by atoms with Gasteiger partial charge in [0.25, 0.3) is 15.9 Å². The number of benzene rings is 2. The molecule has 0 aliphatic heterocycles. The summed E-state index contributed by atoms with van der Waals surface area (Å²) in [6, 6.07) is 15.1. The van der Waals surface area contributed by atoms with Gasteiger partial charge in [0.2, 0.25) is 0 Å². The van der Waals surface area contributed by atoms with Gasteiger partial charge in [-0.15, -0.1) is 11.3 Å². The average Bonchev–Trinajstić information content (AvgIpc) is 3.15. The normalized spacial score (nSPS) is 12.1. The molecular formula is C20H16Cl2N2O5S2. The fourth-order valence-electron chi connectivity index (χ4n) is 2.41. The Morgan fingerprint density at radius 1 is 1.00 bits per heavy atom. The summed E-state index contributed by atoms with van der Waals surface area (Å²) in [5.41, 5.74) is 0.890. The van der Waals surface area contributed by atoms with Crippen molar-refractivity contribution >= 4 is 67.8 Å². The lowest BCUT2D eigenvalue weighted by Gasteiger charge is -2.14. The Labute approximate surface area is 193 Å². The standard InChI is InChI=1S/C20H16Cl2N2O5S2/c1-12(19(25)23-16-4-2-3-14(21)11-16)29-20(26)13-5-7-15(8-6-13)24-31(27,28)18-10-9-17(22)30-18/h2-12,24H,1H3,(H,23,25)/t12-/m0/s1. The van der Waals surface area contributed by atoms with E-state index in [0.29, 0.717) is 15.0 Å². The number of thiophene rings is 1. The Kier molecular flexibility index (Phi) is 7.22. The van der Waals surface area contributed by atoms with Gasteiger partial charge in [-0.3, -0.25) is 9.52 Å². The van der Waals surface area contributed by atoms with Crippen molar-refractivity contribution in [2.24, 2.45) is 0 Å². The van der Waals surface area contributed by atoms with E-state index in [1.54, 1.807) is 24.3 Å². The number of hydrogen-bond acceptors (Lipinski definition) is 6. The molecule has 0 bridgehead atoms. The summed E-state index contributed by atoms with van der Waals surface area (Å²) in [5.74, 6) is -1.25. The van der Waals surface area contributed by atoms with E-state index in [-0.39, 0.29) is 15.5 Å². The third-order valence-corrected chi connectivity index (χ3v) is 7.27. The van der Waals surface area contributed by atoms with E-state index >= 15 is 0 Å². The van der Waals surface area contributed by atoms with Crippen LogP contribution in [0.25, 0.3) is 0 Å². The molecule has 0 spiro atoms. The van der Waals surface area contributed by atoms with Crippen LogP contribution in [0.1, 0.15) is 17.3 Å². The molecular weight excluding hydrogens is 483 g/mol. The summed E-state index contributed by atoms with van der Waals surface area (Å²) >= 11 is 12.6. The second-order valence-corrected chi connectivity index (χ2v) is 10.3. The molecule has 11 heteroatoms. The molecule has 0 fully saturated rings. The summed E-state index contributed by atoms with van der Waals surface area (Å²) in [5, 5.41) is 3.06. The van der Waals surface area contributed by atoms with Crippen molar-refractivity contribution in [3.8, 4) is 0 Å². The zero-order valence-electron chi connectivity index (χ0n) is 16.0. The van der Waals surface area contributed by atoms with E-state index in [1.165, 1.54) is 43.3 Å². The van der Waals surface area contributed by atoms with Gasteiger partial charge in [-0.25, -0.2) is 13.2 Å². The largest absolute Gasteiger partial charge is 0.449 e. The number of carbonyl (C=O) groups is 2. The Morgan fingerprint density at radius 2 is 1.71 bits per heavy atom. The number of amides is 1. The van der Waals surface area contributed by atoms with Crippen molar-refractivity contribution in [3.05, 3.63) is 75.6 Å². The smallest absolute Gasteiger partial charge is 0.338 e. The number of ether oxygens (including phenoxy) is 1. The van der Waals surface area contributed by atoms with Gasteiger partial charge < -0.3 is 10.1 Å². The molecule has 162 valence electrons. The number of sulfonamides is 1. The molecule has 0 saturated carbocycles. The molecule has 2 aromatic carbocycles. The lowest BCUT2D eigenvalue weighted by Crippen LogP contribution is -2.30. The first-order valence-electron chi connectivity index (χ1n) is 8.80. The fourth-order valence-corrected chi connectivity index (χ4v) is 5.15. The van der Waals surface area contributed by atoms with Crippen LogP contribution < -0.4 is 10.0 Å². The van der Waals surface area contributed by atoms with Crippen LogP contribution >= 0.6 is 34.5 Å². The van der Waals surface area contributed by atoms with Crippen LogP contribution in [-0.4, -0.2) is 26.4 Å². The predicted octanol–water partition coefficient (Wildman–Crippen LogP) is 5.04. The van der Waals surface area contributed by atoms with Crippen molar-refractivity contribution in [1.82, 2.24) is 0 Å². The molecule has 0 saturated heterocycles. The van der Waals surface area contributed by atoms with Gasteiger partial charge in [0.1, 0.15) is 4.21 Å². The molecule has 1 aromatic heterocycles. The van der Waals surface area contributed by atoms with Gasteiger partial charge >= 0.3 is 5.97 Å². The summed E-state index contributed by atoms with van der Waals surface area (Å²) in [4.78, 5) is 24.5.